The highest BCUT2D eigenvalue weighted by Gasteiger charge is 2.39. The van der Waals surface area contributed by atoms with Gasteiger partial charge in [-0.3, -0.25) is 0 Å². The largest absolute Gasteiger partial charge is 0.465 e. The van der Waals surface area contributed by atoms with Crippen molar-refractivity contribution >= 4 is 5.97 Å². The first-order chi connectivity index (χ1) is 7.05. The molecule has 1 aliphatic carbocycles. The summed E-state index contributed by atoms with van der Waals surface area (Å²) in [4.78, 5) is 11.3. The molecule has 0 bridgehead atoms. The molecule has 0 aromatic heterocycles. The Hall–Kier alpha value is -1.38. The van der Waals surface area contributed by atoms with Gasteiger partial charge < -0.3 is 4.74 Å². The van der Waals surface area contributed by atoms with Gasteiger partial charge in [0.25, 0.3) is 0 Å². The van der Waals surface area contributed by atoms with Gasteiger partial charge in [0.1, 0.15) is 5.82 Å². The van der Waals surface area contributed by atoms with Crippen molar-refractivity contribution in [3.8, 4) is 0 Å². The molecular formula is C12H13FO2. The van der Waals surface area contributed by atoms with Crippen molar-refractivity contribution in [2.75, 3.05) is 7.11 Å². The number of hydrogen-bond acceptors (Lipinski definition) is 2. The predicted molar refractivity (Wildman–Crippen MR) is 54.3 cm³/mol. The van der Waals surface area contributed by atoms with Gasteiger partial charge in [-0.1, -0.05) is 6.92 Å². The Kier molecular flexibility index (Phi) is 2.25. The molecule has 1 fully saturated rings. The molecule has 1 aliphatic rings. The molecule has 0 N–H and O–H groups in total. The van der Waals surface area contributed by atoms with Crippen molar-refractivity contribution in [3.05, 3.63) is 35.1 Å². The summed E-state index contributed by atoms with van der Waals surface area (Å²) >= 11 is 0. The second kappa shape index (κ2) is 3.33. The van der Waals surface area contributed by atoms with Crippen molar-refractivity contribution in [3.63, 3.8) is 0 Å². The standard InChI is InChI=1S/C12H13FO2/c1-12(3-4-12)9-5-8(11(14)15-2)6-10(13)7-9/h5-7H,3-4H2,1-2H3. The zero-order chi connectivity index (χ0) is 11.1. The summed E-state index contributed by atoms with van der Waals surface area (Å²) in [5, 5.41) is 0. The van der Waals surface area contributed by atoms with Gasteiger partial charge >= 0.3 is 5.97 Å². The van der Waals surface area contributed by atoms with Gasteiger partial charge in [-0.25, -0.2) is 9.18 Å². The number of hydrogen-bond donors (Lipinski definition) is 0. The van der Waals surface area contributed by atoms with Gasteiger partial charge in [0.15, 0.2) is 0 Å². The number of methoxy groups -OCH3 is 1. The van der Waals surface area contributed by atoms with Crippen LogP contribution < -0.4 is 0 Å². The highest BCUT2D eigenvalue weighted by Crippen LogP contribution is 2.47. The summed E-state index contributed by atoms with van der Waals surface area (Å²) in [5.41, 5.74) is 1.24. The Morgan fingerprint density at radius 2 is 2.07 bits per heavy atom. The molecule has 1 saturated carbocycles. The van der Waals surface area contributed by atoms with Crippen LogP contribution >= 0.6 is 0 Å². The molecule has 2 nitrogen and oxygen atoms in total. The van der Waals surface area contributed by atoms with Crippen molar-refractivity contribution in [1.29, 1.82) is 0 Å². The van der Waals surface area contributed by atoms with Crippen molar-refractivity contribution in [2.24, 2.45) is 0 Å². The van der Waals surface area contributed by atoms with Crippen molar-refractivity contribution in [1.82, 2.24) is 0 Å². The topological polar surface area (TPSA) is 26.3 Å². The number of benzene rings is 1. The Morgan fingerprint density at radius 1 is 1.40 bits per heavy atom. The summed E-state index contributed by atoms with van der Waals surface area (Å²) in [6.45, 7) is 2.07. The average molecular weight is 208 g/mol. The quantitative estimate of drug-likeness (QED) is 0.698. The normalized spacial score (nSPS) is 17.3. The van der Waals surface area contributed by atoms with Crippen LogP contribution in [0.5, 0.6) is 0 Å². The Bertz CT molecular complexity index is 408. The van der Waals surface area contributed by atoms with E-state index in [4.69, 9.17) is 0 Å². The van der Waals surface area contributed by atoms with Crippen molar-refractivity contribution in [2.45, 2.75) is 25.2 Å². The second-order valence-corrected chi connectivity index (χ2v) is 4.28. The van der Waals surface area contributed by atoms with E-state index in [1.807, 2.05) is 0 Å². The number of ether oxygens (including phenoxy) is 1. The summed E-state index contributed by atoms with van der Waals surface area (Å²) in [6.07, 6.45) is 2.11. The van der Waals surface area contributed by atoms with E-state index in [0.29, 0.717) is 5.56 Å². The first-order valence-electron chi connectivity index (χ1n) is 4.94. The predicted octanol–water partition coefficient (Wildman–Crippen LogP) is 2.66. The Morgan fingerprint density at radius 3 is 2.60 bits per heavy atom. The number of halogens is 1. The monoisotopic (exact) mass is 208 g/mol. The fourth-order valence-corrected chi connectivity index (χ4v) is 1.65. The molecule has 0 heterocycles. The minimum Gasteiger partial charge on any atom is -0.465 e. The first-order valence-corrected chi connectivity index (χ1v) is 4.94. The second-order valence-electron chi connectivity index (χ2n) is 4.28. The molecule has 0 spiro atoms. The highest BCUT2D eigenvalue weighted by atomic mass is 19.1. The molecule has 0 radical (unpaired) electrons. The molecule has 0 unspecified atom stereocenters. The number of esters is 1. The summed E-state index contributed by atoms with van der Waals surface area (Å²) < 4.78 is 17.8. The third kappa shape index (κ3) is 1.87. The van der Waals surface area contributed by atoms with Gasteiger partial charge in [-0.05, 0) is 42.0 Å². The summed E-state index contributed by atoms with van der Waals surface area (Å²) in [6, 6.07) is 4.43. The lowest BCUT2D eigenvalue weighted by molar-refractivity contribution is 0.0600. The summed E-state index contributed by atoms with van der Waals surface area (Å²) in [7, 11) is 1.30. The Labute approximate surface area is 88.1 Å². The van der Waals surface area contributed by atoms with E-state index in [9.17, 15) is 9.18 Å². The maximum absolute atomic E-state index is 13.3. The molecule has 0 saturated heterocycles. The van der Waals surface area contributed by atoms with Gasteiger partial charge in [-0.15, -0.1) is 0 Å². The van der Waals surface area contributed by atoms with Gasteiger partial charge in [0, 0.05) is 0 Å². The van der Waals surface area contributed by atoms with Crippen LogP contribution in [0.4, 0.5) is 4.39 Å². The van der Waals surface area contributed by atoms with E-state index >= 15 is 0 Å². The van der Waals surface area contributed by atoms with Crippen LogP contribution in [0.25, 0.3) is 0 Å². The summed E-state index contributed by atoms with van der Waals surface area (Å²) in [5.74, 6) is -0.860. The van der Waals surface area contributed by atoms with E-state index in [0.717, 1.165) is 18.4 Å². The molecule has 80 valence electrons. The lowest BCUT2D eigenvalue weighted by Crippen LogP contribution is -2.06. The van der Waals surface area contributed by atoms with E-state index < -0.39 is 5.97 Å². The van der Waals surface area contributed by atoms with Crippen LogP contribution in [-0.4, -0.2) is 13.1 Å². The molecule has 0 atom stereocenters. The van der Waals surface area contributed by atoms with Crippen LogP contribution in [0.15, 0.2) is 18.2 Å². The maximum atomic E-state index is 13.3. The smallest absolute Gasteiger partial charge is 0.337 e. The maximum Gasteiger partial charge on any atom is 0.337 e. The molecule has 0 amide bonds. The molecule has 2 rings (SSSR count). The number of rotatable bonds is 2. The Balaban J connectivity index is 2.41. The van der Waals surface area contributed by atoms with Crippen LogP contribution in [0, 0.1) is 5.82 Å². The van der Waals surface area contributed by atoms with Crippen LogP contribution in [0.2, 0.25) is 0 Å². The highest BCUT2D eigenvalue weighted by molar-refractivity contribution is 5.89. The minimum absolute atomic E-state index is 0.0604. The number of carbonyl (C=O) groups excluding carboxylic acids is 1. The van der Waals surface area contributed by atoms with E-state index in [1.165, 1.54) is 19.2 Å². The molecule has 0 aliphatic heterocycles. The minimum atomic E-state index is -0.486. The molecule has 1 aromatic carbocycles. The zero-order valence-electron chi connectivity index (χ0n) is 8.84. The zero-order valence-corrected chi connectivity index (χ0v) is 8.84. The fourth-order valence-electron chi connectivity index (χ4n) is 1.65. The first kappa shape index (κ1) is 10.1. The molecule has 1 aromatic rings. The van der Waals surface area contributed by atoms with Gasteiger partial charge in [0.05, 0.1) is 12.7 Å². The molecule has 15 heavy (non-hydrogen) atoms. The SMILES string of the molecule is COC(=O)c1cc(F)cc(C2(C)CC2)c1. The number of carbonyl (C=O) groups is 1. The van der Waals surface area contributed by atoms with Crippen molar-refractivity contribution < 1.29 is 13.9 Å². The van der Waals surface area contributed by atoms with E-state index in [-0.39, 0.29) is 11.2 Å². The van der Waals surface area contributed by atoms with Crippen LogP contribution in [-0.2, 0) is 10.2 Å². The van der Waals surface area contributed by atoms with Gasteiger partial charge in [0.2, 0.25) is 0 Å². The lowest BCUT2D eigenvalue weighted by atomic mass is 9.96. The van der Waals surface area contributed by atoms with Gasteiger partial charge in [-0.2, -0.15) is 0 Å². The van der Waals surface area contributed by atoms with E-state index in [1.54, 1.807) is 6.07 Å². The fraction of sp³-hybridized carbons (Fsp3) is 0.417. The third-order valence-corrected chi connectivity index (χ3v) is 3.02. The third-order valence-electron chi connectivity index (χ3n) is 3.02. The molecule has 3 heteroatoms. The van der Waals surface area contributed by atoms with Crippen LogP contribution in [0.1, 0.15) is 35.7 Å². The van der Waals surface area contributed by atoms with E-state index in [2.05, 4.69) is 11.7 Å². The average Bonchev–Trinajstić information content (AvgIpc) is 2.96. The lowest BCUT2D eigenvalue weighted by Gasteiger charge is -2.10. The van der Waals surface area contributed by atoms with Crippen LogP contribution in [0.3, 0.4) is 0 Å². The molecular weight excluding hydrogens is 195 g/mol.